The predicted octanol–water partition coefficient (Wildman–Crippen LogP) is 2.68. The molecule has 0 saturated carbocycles. The average molecular weight is 274 g/mol. The van der Waals surface area contributed by atoms with Crippen molar-refractivity contribution in [2.75, 3.05) is 13.1 Å². The van der Waals surface area contributed by atoms with Gasteiger partial charge in [0.1, 0.15) is 0 Å². The van der Waals surface area contributed by atoms with Gasteiger partial charge in [0.25, 0.3) is 5.91 Å². The Balaban J connectivity index is 1.98. The highest BCUT2D eigenvalue weighted by Gasteiger charge is 2.31. The first-order chi connectivity index (χ1) is 9.61. The van der Waals surface area contributed by atoms with Gasteiger partial charge in [-0.2, -0.15) is 0 Å². The summed E-state index contributed by atoms with van der Waals surface area (Å²) in [7, 11) is 0. The lowest BCUT2D eigenvalue weighted by molar-refractivity contribution is -0.142. The molecule has 1 atom stereocenters. The molecule has 4 heteroatoms. The van der Waals surface area contributed by atoms with Crippen molar-refractivity contribution in [2.24, 2.45) is 11.1 Å². The molecule has 20 heavy (non-hydrogen) atoms. The van der Waals surface area contributed by atoms with Gasteiger partial charge in [0.05, 0.1) is 5.71 Å². The Bertz CT molecular complexity index is 483. The minimum Gasteiger partial charge on any atom is -0.382 e. The number of nitrogens with zero attached hydrogens (tertiary/aromatic N) is 2. The van der Waals surface area contributed by atoms with E-state index in [0.29, 0.717) is 18.9 Å². The Morgan fingerprint density at radius 1 is 1.40 bits per heavy atom. The highest BCUT2D eigenvalue weighted by Crippen LogP contribution is 2.18. The van der Waals surface area contributed by atoms with E-state index in [1.807, 2.05) is 42.2 Å². The zero-order valence-electron chi connectivity index (χ0n) is 12.4. The average Bonchev–Trinajstić information content (AvgIpc) is 2.94. The number of carbonyl (C=O) groups excluding carboxylic acids is 1. The van der Waals surface area contributed by atoms with E-state index in [4.69, 9.17) is 4.84 Å². The molecule has 0 radical (unpaired) electrons. The lowest BCUT2D eigenvalue weighted by atomic mass is 10.0. The Morgan fingerprint density at radius 2 is 2.10 bits per heavy atom. The molecule has 1 aromatic carbocycles. The standard InChI is InChI=1S/C16H22N2O2/c1-4-18(11-12(2)3)16(19)15-10-14(17-20-15)13-8-6-5-7-9-13/h5-9,12,15H,4,10-11H2,1-3H3. The van der Waals surface area contributed by atoms with Crippen LogP contribution < -0.4 is 0 Å². The van der Waals surface area contributed by atoms with Crippen molar-refractivity contribution in [3.63, 3.8) is 0 Å². The van der Waals surface area contributed by atoms with Crippen molar-refractivity contribution < 1.29 is 9.63 Å². The van der Waals surface area contributed by atoms with E-state index in [1.54, 1.807) is 0 Å². The first kappa shape index (κ1) is 14.6. The number of rotatable bonds is 5. The molecular weight excluding hydrogens is 252 g/mol. The fourth-order valence-electron chi connectivity index (χ4n) is 2.33. The number of hydrogen-bond acceptors (Lipinski definition) is 3. The van der Waals surface area contributed by atoms with Crippen LogP contribution >= 0.6 is 0 Å². The van der Waals surface area contributed by atoms with E-state index in [1.165, 1.54) is 0 Å². The first-order valence-electron chi connectivity index (χ1n) is 7.18. The summed E-state index contributed by atoms with van der Waals surface area (Å²) in [4.78, 5) is 19.6. The highest BCUT2D eigenvalue weighted by atomic mass is 16.6. The molecule has 1 amide bonds. The third-order valence-electron chi connectivity index (χ3n) is 3.33. The van der Waals surface area contributed by atoms with Crippen LogP contribution in [-0.4, -0.2) is 35.7 Å². The van der Waals surface area contributed by atoms with Crippen LogP contribution in [0, 0.1) is 5.92 Å². The van der Waals surface area contributed by atoms with Gasteiger partial charge in [-0.25, -0.2) is 0 Å². The van der Waals surface area contributed by atoms with Crippen LogP contribution in [0.2, 0.25) is 0 Å². The second-order valence-corrected chi connectivity index (χ2v) is 5.47. The fraction of sp³-hybridized carbons (Fsp3) is 0.500. The predicted molar refractivity (Wildman–Crippen MR) is 79.6 cm³/mol. The van der Waals surface area contributed by atoms with Crippen LogP contribution in [0.5, 0.6) is 0 Å². The van der Waals surface area contributed by atoms with Crippen molar-refractivity contribution in [3.05, 3.63) is 35.9 Å². The maximum atomic E-state index is 12.4. The molecule has 0 N–H and O–H groups in total. The van der Waals surface area contributed by atoms with Crippen LogP contribution in [0.4, 0.5) is 0 Å². The Labute approximate surface area is 120 Å². The molecule has 2 rings (SSSR count). The number of hydrogen-bond donors (Lipinski definition) is 0. The highest BCUT2D eigenvalue weighted by molar-refractivity contribution is 6.04. The molecule has 1 unspecified atom stereocenters. The van der Waals surface area contributed by atoms with Crippen molar-refractivity contribution in [3.8, 4) is 0 Å². The normalized spacial score (nSPS) is 17.8. The third kappa shape index (κ3) is 3.38. The van der Waals surface area contributed by atoms with Crippen LogP contribution in [0.15, 0.2) is 35.5 Å². The molecule has 0 spiro atoms. The molecule has 0 fully saturated rings. The molecule has 4 nitrogen and oxygen atoms in total. The molecule has 1 aromatic rings. The van der Waals surface area contributed by atoms with Gasteiger partial charge in [-0.1, -0.05) is 49.3 Å². The summed E-state index contributed by atoms with van der Waals surface area (Å²) in [5.41, 5.74) is 1.87. The van der Waals surface area contributed by atoms with Gasteiger partial charge in [0, 0.05) is 19.5 Å². The lowest BCUT2D eigenvalue weighted by Crippen LogP contribution is -2.41. The van der Waals surface area contributed by atoms with Crippen molar-refractivity contribution in [2.45, 2.75) is 33.3 Å². The molecule has 0 saturated heterocycles. The van der Waals surface area contributed by atoms with Crippen LogP contribution in [0.1, 0.15) is 32.8 Å². The van der Waals surface area contributed by atoms with Gasteiger partial charge < -0.3 is 9.74 Å². The maximum absolute atomic E-state index is 12.4. The Hall–Kier alpha value is -1.84. The summed E-state index contributed by atoms with van der Waals surface area (Å²) in [6.07, 6.45) is 0.0844. The second kappa shape index (κ2) is 6.55. The van der Waals surface area contributed by atoms with Gasteiger partial charge in [-0.05, 0) is 18.4 Å². The number of carbonyl (C=O) groups is 1. The molecule has 108 valence electrons. The van der Waals surface area contributed by atoms with E-state index in [0.717, 1.165) is 17.8 Å². The molecule has 0 aliphatic carbocycles. The number of oxime groups is 1. The van der Waals surface area contributed by atoms with Crippen LogP contribution in [0.25, 0.3) is 0 Å². The van der Waals surface area contributed by atoms with E-state index >= 15 is 0 Å². The monoisotopic (exact) mass is 274 g/mol. The summed E-state index contributed by atoms with van der Waals surface area (Å²) in [6, 6.07) is 9.86. The van der Waals surface area contributed by atoms with Gasteiger partial charge >= 0.3 is 0 Å². The molecule has 1 aliphatic heterocycles. The summed E-state index contributed by atoms with van der Waals surface area (Å²) >= 11 is 0. The molecule has 1 heterocycles. The fourth-order valence-corrected chi connectivity index (χ4v) is 2.33. The van der Waals surface area contributed by atoms with Crippen molar-refractivity contribution in [1.82, 2.24) is 4.90 Å². The molecule has 1 aliphatic rings. The first-order valence-corrected chi connectivity index (χ1v) is 7.18. The zero-order chi connectivity index (χ0) is 14.5. The smallest absolute Gasteiger partial charge is 0.266 e. The molecular formula is C16H22N2O2. The van der Waals surface area contributed by atoms with Gasteiger partial charge in [0.2, 0.25) is 6.10 Å². The summed E-state index contributed by atoms with van der Waals surface area (Å²) in [5, 5.41) is 4.07. The largest absolute Gasteiger partial charge is 0.382 e. The number of likely N-dealkylation sites (N-methyl/N-ethyl adjacent to an activating group) is 1. The Kier molecular flexibility index (Phi) is 4.77. The van der Waals surface area contributed by atoms with Gasteiger partial charge in [0.15, 0.2) is 0 Å². The third-order valence-corrected chi connectivity index (χ3v) is 3.33. The van der Waals surface area contributed by atoms with E-state index in [9.17, 15) is 4.79 Å². The summed E-state index contributed by atoms with van der Waals surface area (Å²) in [5.74, 6) is 0.491. The SMILES string of the molecule is CCN(CC(C)C)C(=O)C1CC(c2ccccc2)=NO1. The second-order valence-electron chi connectivity index (χ2n) is 5.47. The van der Waals surface area contributed by atoms with Crippen molar-refractivity contribution >= 4 is 11.6 Å². The van der Waals surface area contributed by atoms with E-state index in [2.05, 4.69) is 19.0 Å². The van der Waals surface area contributed by atoms with E-state index in [-0.39, 0.29) is 5.91 Å². The van der Waals surface area contributed by atoms with E-state index < -0.39 is 6.10 Å². The van der Waals surface area contributed by atoms with Crippen LogP contribution in [0.3, 0.4) is 0 Å². The number of benzene rings is 1. The minimum absolute atomic E-state index is 0.0379. The number of amides is 1. The molecule has 0 aromatic heterocycles. The van der Waals surface area contributed by atoms with Crippen LogP contribution in [-0.2, 0) is 9.63 Å². The molecule has 0 bridgehead atoms. The lowest BCUT2D eigenvalue weighted by Gasteiger charge is -2.24. The minimum atomic E-state index is -0.469. The summed E-state index contributed by atoms with van der Waals surface area (Å²) in [6.45, 7) is 7.68. The van der Waals surface area contributed by atoms with Gasteiger partial charge in [-0.15, -0.1) is 0 Å². The summed E-state index contributed by atoms with van der Waals surface area (Å²) < 4.78 is 0. The zero-order valence-corrected chi connectivity index (χ0v) is 12.4. The topological polar surface area (TPSA) is 41.9 Å². The van der Waals surface area contributed by atoms with Gasteiger partial charge in [-0.3, -0.25) is 4.79 Å². The maximum Gasteiger partial charge on any atom is 0.266 e. The van der Waals surface area contributed by atoms with Crippen molar-refractivity contribution in [1.29, 1.82) is 0 Å². The quantitative estimate of drug-likeness (QED) is 0.828. The Morgan fingerprint density at radius 3 is 2.70 bits per heavy atom.